The Morgan fingerprint density at radius 2 is 1.46 bits per heavy atom. The topological polar surface area (TPSA) is 9.86 Å². The fraction of sp³-hybridized carbons (Fsp3) is 0.0909. The van der Waals surface area contributed by atoms with Crippen molar-refractivity contribution < 1.29 is 0 Å². The van der Waals surface area contributed by atoms with Crippen molar-refractivity contribution in [3.05, 3.63) is 132 Å². The van der Waals surface area contributed by atoms with Crippen LogP contribution in [0, 0.1) is 13.8 Å². The van der Waals surface area contributed by atoms with Crippen LogP contribution in [-0.2, 0) is 6.42 Å². The Morgan fingerprint density at radius 1 is 0.800 bits per heavy atom. The molecule has 0 atom stereocenters. The summed E-state index contributed by atoms with van der Waals surface area (Å²) in [4.78, 5) is 0. The molecule has 0 unspecified atom stereocenters. The van der Waals surface area contributed by atoms with Gasteiger partial charge in [0.2, 0.25) is 0 Å². The highest BCUT2D eigenvalue weighted by molar-refractivity contribution is 6.09. The van der Waals surface area contributed by atoms with E-state index in [1.807, 2.05) is 12.2 Å². The Bertz CT molecular complexity index is 1650. The van der Waals surface area contributed by atoms with Crippen molar-refractivity contribution in [2.45, 2.75) is 20.3 Å². The number of benzene rings is 3. The second-order valence-corrected chi connectivity index (χ2v) is 9.18. The maximum atomic E-state index is 3.88. The van der Waals surface area contributed by atoms with Gasteiger partial charge in [0.05, 0.1) is 11.0 Å². The molecule has 0 spiro atoms. The van der Waals surface area contributed by atoms with Gasteiger partial charge in [-0.15, -0.1) is 0 Å². The van der Waals surface area contributed by atoms with Gasteiger partial charge >= 0.3 is 0 Å². The highest BCUT2D eigenvalue weighted by atomic mass is 15.0. The van der Waals surface area contributed by atoms with Crippen LogP contribution >= 0.6 is 0 Å². The highest BCUT2D eigenvalue weighted by Crippen LogP contribution is 2.35. The maximum absolute atomic E-state index is 3.88. The second kappa shape index (κ2) is 8.48. The largest absolute Gasteiger partial charge is 0.317 e. The van der Waals surface area contributed by atoms with E-state index in [0.717, 1.165) is 6.42 Å². The molecule has 2 nitrogen and oxygen atoms in total. The summed E-state index contributed by atoms with van der Waals surface area (Å²) >= 11 is 0. The van der Waals surface area contributed by atoms with E-state index in [9.17, 15) is 0 Å². The molecule has 1 aliphatic carbocycles. The summed E-state index contributed by atoms with van der Waals surface area (Å²) in [6.07, 6.45) is 15.7. The van der Waals surface area contributed by atoms with Gasteiger partial charge in [0, 0.05) is 51.1 Å². The minimum atomic E-state index is 0.893. The van der Waals surface area contributed by atoms with Gasteiger partial charge in [0.25, 0.3) is 0 Å². The molecule has 0 bridgehead atoms. The van der Waals surface area contributed by atoms with Crippen LogP contribution in [0.1, 0.15) is 28.1 Å². The first-order valence-electron chi connectivity index (χ1n) is 12.1. The minimum Gasteiger partial charge on any atom is -0.317 e. The SMILES string of the molecule is C=C/C=C\c1c2c(n(-c3cc(C)cc(-n4c5ccccc5c5ccccc54)c3)c1C)CC=CC=C2. The summed E-state index contributed by atoms with van der Waals surface area (Å²) in [5.41, 5.74) is 11.2. The monoisotopic (exact) mass is 452 g/mol. The molecule has 35 heavy (non-hydrogen) atoms. The molecule has 2 heteroatoms. The highest BCUT2D eigenvalue weighted by Gasteiger charge is 2.20. The van der Waals surface area contributed by atoms with E-state index in [2.05, 4.69) is 127 Å². The quantitative estimate of drug-likeness (QED) is 0.242. The number of hydrogen-bond donors (Lipinski definition) is 0. The van der Waals surface area contributed by atoms with E-state index < -0.39 is 0 Å². The summed E-state index contributed by atoms with van der Waals surface area (Å²) < 4.78 is 4.83. The number of allylic oxidation sites excluding steroid dienone is 5. The third kappa shape index (κ3) is 3.41. The maximum Gasteiger partial charge on any atom is 0.0541 e. The Morgan fingerprint density at radius 3 is 2.14 bits per heavy atom. The van der Waals surface area contributed by atoms with Crippen LogP contribution in [0.25, 0.3) is 45.3 Å². The van der Waals surface area contributed by atoms with E-state index in [0.29, 0.717) is 0 Å². The smallest absolute Gasteiger partial charge is 0.0541 e. The number of nitrogens with zero attached hydrogens (tertiary/aromatic N) is 2. The fourth-order valence-corrected chi connectivity index (χ4v) is 5.52. The van der Waals surface area contributed by atoms with Crippen LogP contribution in [0.4, 0.5) is 0 Å². The summed E-state index contributed by atoms with van der Waals surface area (Å²) in [6.45, 7) is 8.29. The van der Waals surface area contributed by atoms with Gasteiger partial charge in [0.1, 0.15) is 0 Å². The second-order valence-electron chi connectivity index (χ2n) is 9.18. The molecule has 0 saturated heterocycles. The first-order chi connectivity index (χ1) is 17.2. The molecule has 2 heterocycles. The molecule has 0 radical (unpaired) electrons. The molecule has 0 fully saturated rings. The van der Waals surface area contributed by atoms with Crippen LogP contribution in [0.2, 0.25) is 0 Å². The van der Waals surface area contributed by atoms with Gasteiger partial charge in [0.15, 0.2) is 0 Å². The average molecular weight is 453 g/mol. The lowest BCUT2D eigenvalue weighted by Crippen LogP contribution is -2.05. The van der Waals surface area contributed by atoms with Crippen molar-refractivity contribution in [2.75, 3.05) is 0 Å². The van der Waals surface area contributed by atoms with Crippen molar-refractivity contribution in [2.24, 2.45) is 0 Å². The van der Waals surface area contributed by atoms with Crippen LogP contribution in [0.15, 0.2) is 104 Å². The Balaban J connectivity index is 1.64. The molecule has 170 valence electrons. The van der Waals surface area contributed by atoms with E-state index in [1.165, 1.54) is 61.3 Å². The van der Waals surface area contributed by atoms with Gasteiger partial charge in [-0.3, -0.25) is 0 Å². The van der Waals surface area contributed by atoms with E-state index >= 15 is 0 Å². The van der Waals surface area contributed by atoms with Gasteiger partial charge < -0.3 is 9.13 Å². The summed E-state index contributed by atoms with van der Waals surface area (Å²) in [6, 6.07) is 24.3. The van der Waals surface area contributed by atoms with E-state index in [1.54, 1.807) is 0 Å². The molecule has 6 rings (SSSR count). The first kappa shape index (κ1) is 21.2. The van der Waals surface area contributed by atoms with Crippen molar-refractivity contribution in [3.8, 4) is 11.4 Å². The fourth-order valence-electron chi connectivity index (χ4n) is 5.52. The molecular formula is C33H28N2. The third-order valence-corrected chi connectivity index (χ3v) is 6.96. The molecule has 0 saturated carbocycles. The van der Waals surface area contributed by atoms with E-state index in [-0.39, 0.29) is 0 Å². The van der Waals surface area contributed by atoms with Crippen LogP contribution < -0.4 is 0 Å². The van der Waals surface area contributed by atoms with Crippen molar-refractivity contribution in [1.29, 1.82) is 0 Å². The summed E-state index contributed by atoms with van der Waals surface area (Å²) in [7, 11) is 0. The lowest BCUT2D eigenvalue weighted by atomic mass is 10.1. The molecule has 3 aromatic carbocycles. The van der Waals surface area contributed by atoms with Crippen LogP contribution in [0.3, 0.4) is 0 Å². The lowest BCUT2D eigenvalue weighted by molar-refractivity contribution is 0.928. The molecule has 0 aliphatic heterocycles. The van der Waals surface area contributed by atoms with Gasteiger partial charge in [-0.1, -0.05) is 85.5 Å². The van der Waals surface area contributed by atoms with Crippen molar-refractivity contribution in [3.63, 3.8) is 0 Å². The summed E-state index contributed by atoms with van der Waals surface area (Å²) in [5.74, 6) is 0. The van der Waals surface area contributed by atoms with Crippen molar-refractivity contribution in [1.82, 2.24) is 9.13 Å². The molecule has 5 aromatic rings. The third-order valence-electron chi connectivity index (χ3n) is 6.96. The van der Waals surface area contributed by atoms with Gasteiger partial charge in [-0.05, 0) is 49.7 Å². The zero-order valence-electron chi connectivity index (χ0n) is 20.2. The van der Waals surface area contributed by atoms with Gasteiger partial charge in [-0.25, -0.2) is 0 Å². The lowest BCUT2D eigenvalue weighted by Gasteiger charge is -2.16. The molecule has 0 amide bonds. The van der Waals surface area contributed by atoms with E-state index in [4.69, 9.17) is 0 Å². The molecule has 1 aliphatic rings. The molecule has 2 aromatic heterocycles. The van der Waals surface area contributed by atoms with Crippen LogP contribution in [-0.4, -0.2) is 9.13 Å². The molecular weight excluding hydrogens is 424 g/mol. The zero-order valence-corrected chi connectivity index (χ0v) is 20.2. The van der Waals surface area contributed by atoms with Crippen molar-refractivity contribution >= 4 is 34.0 Å². The van der Waals surface area contributed by atoms with Crippen LogP contribution in [0.5, 0.6) is 0 Å². The number of aryl methyl sites for hydroxylation is 1. The number of rotatable bonds is 4. The number of para-hydroxylation sites is 2. The Kier molecular flexibility index (Phi) is 5.15. The predicted molar refractivity (Wildman–Crippen MR) is 151 cm³/mol. The normalized spacial score (nSPS) is 13.1. The predicted octanol–water partition coefficient (Wildman–Crippen LogP) is 8.52. The number of aromatic nitrogens is 2. The number of fused-ring (bicyclic) bond motifs is 4. The zero-order chi connectivity index (χ0) is 23.9. The average Bonchev–Trinajstić information content (AvgIpc) is 3.21. The minimum absolute atomic E-state index is 0.893. The van der Waals surface area contributed by atoms with Gasteiger partial charge in [-0.2, -0.15) is 0 Å². The standard InChI is InChI=1S/C33H28N2/c1-4-5-13-27-24(3)34(31-17-8-6-7-14-28(27)31)25-20-23(2)21-26(22-25)35-32-18-11-9-15-29(32)30-16-10-12-19-33(30)35/h4-16,18-22H,1,17H2,2-3H3/b13-5-. The first-order valence-corrected chi connectivity index (χ1v) is 12.1. The Hall–Kier alpha value is -4.30. The molecule has 0 N–H and O–H groups in total. The summed E-state index contributed by atoms with van der Waals surface area (Å²) in [5, 5.41) is 2.56. The Labute approximate surface area is 206 Å². The number of hydrogen-bond acceptors (Lipinski definition) is 0.